The molecule has 0 atom stereocenters. The average Bonchev–Trinajstić information content (AvgIpc) is 1.84. The van der Waals surface area contributed by atoms with Crippen molar-refractivity contribution in [3.05, 3.63) is 0 Å². The highest BCUT2D eigenvalue weighted by Crippen LogP contribution is 1.97. The molecule has 0 aliphatic rings. The van der Waals surface area contributed by atoms with Crippen molar-refractivity contribution in [3.63, 3.8) is 0 Å². The molecule has 0 rings (SSSR count). The van der Waals surface area contributed by atoms with E-state index >= 15 is 0 Å². The van der Waals surface area contributed by atoms with Gasteiger partial charge in [-0.2, -0.15) is 0 Å². The molecule has 3 heteroatoms. The van der Waals surface area contributed by atoms with Gasteiger partial charge in [-0.05, 0) is 13.8 Å². The number of hydrogen-bond donors (Lipinski definition) is 2. The predicted molar refractivity (Wildman–Crippen MR) is 35.1 cm³/mol. The largest absolute Gasteiger partial charge is 0.394 e. The highest BCUT2D eigenvalue weighted by atomic mass is 19.1. The number of aliphatic hydroxyl groups excluding tert-OH is 1. The van der Waals surface area contributed by atoms with Crippen molar-refractivity contribution >= 4 is 0 Å². The van der Waals surface area contributed by atoms with Crippen molar-refractivity contribution in [2.24, 2.45) is 0 Å². The molecule has 0 aromatic carbocycles. The topological polar surface area (TPSA) is 32.3 Å². The fourth-order valence-corrected chi connectivity index (χ4v) is 0.442. The molecule has 0 saturated heterocycles. The lowest BCUT2D eigenvalue weighted by Gasteiger charge is -2.22. The number of nitrogens with one attached hydrogen (secondary N) is 1. The normalized spacial score (nSPS) is 12.0. The van der Waals surface area contributed by atoms with Crippen LogP contribution in [0.4, 0.5) is 4.39 Å². The summed E-state index contributed by atoms with van der Waals surface area (Å²) in [4.78, 5) is 0. The number of rotatable bonds is 4. The minimum Gasteiger partial charge on any atom is -0.394 e. The van der Waals surface area contributed by atoms with Crippen LogP contribution in [-0.4, -0.2) is 30.5 Å². The van der Waals surface area contributed by atoms with Crippen molar-refractivity contribution in [1.82, 2.24) is 5.32 Å². The zero-order chi connectivity index (χ0) is 7.33. The van der Waals surface area contributed by atoms with Gasteiger partial charge >= 0.3 is 0 Å². The van der Waals surface area contributed by atoms with Crippen molar-refractivity contribution in [2.45, 2.75) is 19.4 Å². The van der Waals surface area contributed by atoms with Gasteiger partial charge in [0.2, 0.25) is 0 Å². The molecule has 2 N–H and O–H groups in total. The number of hydrogen-bond acceptors (Lipinski definition) is 2. The maximum atomic E-state index is 11.5. The summed E-state index contributed by atoms with van der Waals surface area (Å²) in [6.45, 7) is 3.61. The predicted octanol–water partition coefficient (Wildman–Crippen LogP) is 0.316. The molecule has 0 fully saturated rings. The van der Waals surface area contributed by atoms with Gasteiger partial charge in [0.15, 0.2) is 0 Å². The van der Waals surface area contributed by atoms with E-state index in [9.17, 15) is 4.39 Å². The Hall–Kier alpha value is -0.150. The van der Waals surface area contributed by atoms with Crippen molar-refractivity contribution < 1.29 is 9.50 Å². The Balaban J connectivity index is 3.33. The fraction of sp³-hybridized carbons (Fsp3) is 1.00. The quantitative estimate of drug-likeness (QED) is 0.581. The lowest BCUT2D eigenvalue weighted by Crippen LogP contribution is -2.43. The van der Waals surface area contributed by atoms with Gasteiger partial charge in [0.25, 0.3) is 0 Å². The summed E-state index contributed by atoms with van der Waals surface area (Å²) in [6, 6.07) is 0. The third-order valence-corrected chi connectivity index (χ3v) is 1.09. The first-order valence-electron chi connectivity index (χ1n) is 3.04. The molecule has 0 aromatic rings. The second kappa shape index (κ2) is 3.80. The molecule has 0 aliphatic carbocycles. The fourth-order valence-electron chi connectivity index (χ4n) is 0.442. The van der Waals surface area contributed by atoms with Crippen LogP contribution in [0.5, 0.6) is 0 Å². The zero-order valence-corrected chi connectivity index (χ0v) is 5.95. The van der Waals surface area contributed by atoms with Crippen LogP contribution in [0.15, 0.2) is 0 Å². The Morgan fingerprint density at radius 2 is 2.11 bits per heavy atom. The Morgan fingerprint density at radius 3 is 2.44 bits per heavy atom. The van der Waals surface area contributed by atoms with Gasteiger partial charge in [0.1, 0.15) is 6.67 Å². The van der Waals surface area contributed by atoms with Crippen molar-refractivity contribution in [1.29, 1.82) is 0 Å². The standard InChI is InChI=1S/C6H14FNO/c1-6(2,5-9)8-4-3-7/h8-9H,3-5H2,1-2H3. The molecule has 0 amide bonds. The van der Waals surface area contributed by atoms with Crippen LogP contribution in [-0.2, 0) is 0 Å². The average molecular weight is 135 g/mol. The summed E-state index contributed by atoms with van der Waals surface area (Å²) >= 11 is 0. The Kier molecular flexibility index (Phi) is 3.73. The molecule has 0 saturated carbocycles. The monoisotopic (exact) mass is 135 g/mol. The molecular weight excluding hydrogens is 121 g/mol. The third kappa shape index (κ3) is 4.36. The Morgan fingerprint density at radius 1 is 1.56 bits per heavy atom. The highest BCUT2D eigenvalue weighted by Gasteiger charge is 2.13. The van der Waals surface area contributed by atoms with E-state index in [1.54, 1.807) is 0 Å². The number of halogens is 1. The van der Waals surface area contributed by atoms with E-state index in [2.05, 4.69) is 5.32 Å². The van der Waals surface area contributed by atoms with Gasteiger partial charge in [-0.15, -0.1) is 0 Å². The van der Waals surface area contributed by atoms with Crippen LogP contribution >= 0.6 is 0 Å². The lowest BCUT2D eigenvalue weighted by molar-refractivity contribution is 0.186. The van der Waals surface area contributed by atoms with Gasteiger partial charge < -0.3 is 10.4 Å². The molecule has 0 unspecified atom stereocenters. The molecule has 2 nitrogen and oxygen atoms in total. The van der Waals surface area contributed by atoms with Crippen LogP contribution < -0.4 is 5.32 Å². The molecule has 0 heterocycles. The van der Waals surface area contributed by atoms with E-state index in [4.69, 9.17) is 5.11 Å². The molecule has 9 heavy (non-hydrogen) atoms. The van der Waals surface area contributed by atoms with Gasteiger partial charge in [-0.25, -0.2) is 4.39 Å². The number of alkyl halides is 1. The van der Waals surface area contributed by atoms with Crippen LogP contribution in [0.3, 0.4) is 0 Å². The molecule has 0 radical (unpaired) electrons. The SMILES string of the molecule is CC(C)(CO)NCCF. The second-order valence-electron chi connectivity index (χ2n) is 2.66. The highest BCUT2D eigenvalue weighted by molar-refractivity contribution is 4.74. The van der Waals surface area contributed by atoms with Gasteiger partial charge in [0.05, 0.1) is 6.61 Å². The summed E-state index contributed by atoms with van der Waals surface area (Å²) in [5, 5.41) is 11.5. The number of aliphatic hydroxyl groups is 1. The molecule has 0 bridgehead atoms. The lowest BCUT2D eigenvalue weighted by atomic mass is 10.1. The van der Waals surface area contributed by atoms with E-state index in [1.807, 2.05) is 13.8 Å². The Bertz CT molecular complexity index is 75.5. The van der Waals surface area contributed by atoms with E-state index in [0.29, 0.717) is 6.54 Å². The maximum Gasteiger partial charge on any atom is 0.102 e. The van der Waals surface area contributed by atoms with Crippen molar-refractivity contribution in [2.75, 3.05) is 19.8 Å². The smallest absolute Gasteiger partial charge is 0.102 e. The minimum atomic E-state index is -0.385. The third-order valence-electron chi connectivity index (χ3n) is 1.09. The summed E-state index contributed by atoms with van der Waals surface area (Å²) in [7, 11) is 0. The summed E-state index contributed by atoms with van der Waals surface area (Å²) in [5.74, 6) is 0. The first-order chi connectivity index (χ1) is 4.12. The molecule has 0 spiro atoms. The first-order valence-corrected chi connectivity index (χ1v) is 3.04. The van der Waals surface area contributed by atoms with Crippen LogP contribution in [0.2, 0.25) is 0 Å². The van der Waals surface area contributed by atoms with Crippen LogP contribution in [0.1, 0.15) is 13.8 Å². The van der Waals surface area contributed by atoms with E-state index in [0.717, 1.165) is 0 Å². The minimum absolute atomic E-state index is 0.0347. The van der Waals surface area contributed by atoms with E-state index in [-0.39, 0.29) is 18.8 Å². The zero-order valence-electron chi connectivity index (χ0n) is 5.95. The van der Waals surface area contributed by atoms with Gasteiger partial charge in [-0.1, -0.05) is 0 Å². The first kappa shape index (κ1) is 8.85. The second-order valence-corrected chi connectivity index (χ2v) is 2.66. The summed E-state index contributed by atoms with van der Waals surface area (Å²) < 4.78 is 11.5. The van der Waals surface area contributed by atoms with Crippen LogP contribution in [0, 0.1) is 0 Å². The Labute approximate surface area is 55.1 Å². The summed E-state index contributed by atoms with van der Waals surface area (Å²) in [5.41, 5.74) is -0.341. The molecular formula is C6H14FNO. The van der Waals surface area contributed by atoms with E-state index in [1.165, 1.54) is 0 Å². The van der Waals surface area contributed by atoms with Crippen molar-refractivity contribution in [3.8, 4) is 0 Å². The van der Waals surface area contributed by atoms with E-state index < -0.39 is 0 Å². The van der Waals surface area contributed by atoms with Gasteiger partial charge in [0, 0.05) is 12.1 Å². The van der Waals surface area contributed by atoms with Gasteiger partial charge in [-0.3, -0.25) is 0 Å². The maximum absolute atomic E-state index is 11.5. The molecule has 0 aliphatic heterocycles. The summed E-state index contributed by atoms with van der Waals surface area (Å²) in [6.07, 6.45) is 0. The van der Waals surface area contributed by atoms with Crippen LogP contribution in [0.25, 0.3) is 0 Å². The molecule has 56 valence electrons. The molecule has 0 aromatic heterocycles.